The number of hydrogen-bond donors (Lipinski definition) is 2. The fourth-order valence-corrected chi connectivity index (χ4v) is 3.42. The van der Waals surface area contributed by atoms with Gasteiger partial charge in [-0.15, -0.1) is 0 Å². The summed E-state index contributed by atoms with van der Waals surface area (Å²) < 4.78 is 13.1. The molecule has 21 heavy (non-hydrogen) atoms. The summed E-state index contributed by atoms with van der Waals surface area (Å²) in [5.74, 6) is 0.0903. The number of rotatable bonds is 3. The number of amides is 1. The average Bonchev–Trinajstić information content (AvgIpc) is 2.84. The number of carbonyl (C=O) groups is 1. The first-order valence-corrected chi connectivity index (χ1v) is 7.70. The van der Waals surface area contributed by atoms with Crippen LogP contribution in [0.1, 0.15) is 12.8 Å². The summed E-state index contributed by atoms with van der Waals surface area (Å²) in [6.45, 7) is 3.33. The molecule has 0 unspecified atom stereocenters. The molecule has 1 amide bonds. The molecule has 2 atom stereocenters. The third kappa shape index (κ3) is 3.54. The second kappa shape index (κ2) is 6.30. The largest absolute Gasteiger partial charge is 0.325 e. The van der Waals surface area contributed by atoms with Crippen LogP contribution in [0, 0.1) is 11.7 Å². The summed E-state index contributed by atoms with van der Waals surface area (Å²) in [6, 6.07) is 4.73. The zero-order valence-corrected chi connectivity index (χ0v) is 12.5. The van der Waals surface area contributed by atoms with E-state index in [4.69, 9.17) is 11.6 Å². The average molecular weight is 312 g/mol. The van der Waals surface area contributed by atoms with E-state index in [0.717, 1.165) is 19.6 Å². The molecule has 3 rings (SSSR count). The number of anilines is 1. The van der Waals surface area contributed by atoms with Gasteiger partial charge >= 0.3 is 0 Å². The van der Waals surface area contributed by atoms with Gasteiger partial charge in [-0.05, 0) is 43.5 Å². The maximum atomic E-state index is 13.1. The fraction of sp³-hybridized carbons (Fsp3) is 0.533. The lowest BCUT2D eigenvalue weighted by molar-refractivity contribution is -0.117. The van der Waals surface area contributed by atoms with Gasteiger partial charge in [-0.1, -0.05) is 11.6 Å². The zero-order chi connectivity index (χ0) is 14.8. The lowest BCUT2D eigenvalue weighted by atomic mass is 9.94. The topological polar surface area (TPSA) is 44.4 Å². The van der Waals surface area contributed by atoms with Crippen molar-refractivity contribution in [2.45, 2.75) is 18.9 Å². The Hall–Kier alpha value is -1.17. The summed E-state index contributed by atoms with van der Waals surface area (Å²) in [6.07, 6.45) is 2.46. The number of benzene rings is 1. The summed E-state index contributed by atoms with van der Waals surface area (Å²) in [5.41, 5.74) is 0.529. The van der Waals surface area contributed by atoms with Crippen LogP contribution in [0.15, 0.2) is 18.2 Å². The van der Waals surface area contributed by atoms with E-state index < -0.39 is 5.82 Å². The van der Waals surface area contributed by atoms with E-state index in [2.05, 4.69) is 15.5 Å². The monoisotopic (exact) mass is 311 g/mol. The molecule has 2 saturated heterocycles. The molecule has 1 aromatic rings. The van der Waals surface area contributed by atoms with Crippen LogP contribution in [-0.4, -0.2) is 43.0 Å². The lowest BCUT2D eigenvalue weighted by Crippen LogP contribution is -2.41. The smallest absolute Gasteiger partial charge is 0.238 e. The summed E-state index contributed by atoms with van der Waals surface area (Å²) in [5, 5.41) is 6.30. The van der Waals surface area contributed by atoms with Gasteiger partial charge in [-0.25, -0.2) is 4.39 Å². The Morgan fingerprint density at radius 1 is 1.48 bits per heavy atom. The Morgan fingerprint density at radius 3 is 3.10 bits per heavy atom. The van der Waals surface area contributed by atoms with Crippen LogP contribution < -0.4 is 10.6 Å². The Labute approximate surface area is 128 Å². The molecule has 2 N–H and O–H groups in total. The molecule has 2 fully saturated rings. The highest BCUT2D eigenvalue weighted by Gasteiger charge is 2.34. The summed E-state index contributed by atoms with van der Waals surface area (Å²) in [7, 11) is 0. The molecule has 0 spiro atoms. The van der Waals surface area contributed by atoms with Crippen molar-refractivity contribution in [2.75, 3.05) is 31.5 Å². The molecule has 2 heterocycles. The van der Waals surface area contributed by atoms with Gasteiger partial charge in [0.05, 0.1) is 11.6 Å². The van der Waals surface area contributed by atoms with Crippen LogP contribution in [0.4, 0.5) is 10.1 Å². The minimum atomic E-state index is -0.482. The third-order valence-electron chi connectivity index (χ3n) is 4.25. The minimum absolute atomic E-state index is 0.0178. The molecule has 0 radical (unpaired) electrons. The molecule has 6 heteroatoms. The number of carbonyl (C=O) groups excluding carboxylic acids is 1. The first kappa shape index (κ1) is 14.8. The van der Waals surface area contributed by atoms with Crippen molar-refractivity contribution in [2.24, 2.45) is 5.92 Å². The van der Waals surface area contributed by atoms with Gasteiger partial charge < -0.3 is 10.6 Å². The van der Waals surface area contributed by atoms with Crippen molar-refractivity contribution < 1.29 is 9.18 Å². The highest BCUT2D eigenvalue weighted by Crippen LogP contribution is 2.25. The van der Waals surface area contributed by atoms with E-state index in [0.29, 0.717) is 24.2 Å². The van der Waals surface area contributed by atoms with E-state index in [-0.39, 0.29) is 10.9 Å². The molecule has 0 aromatic heterocycles. The van der Waals surface area contributed by atoms with Crippen LogP contribution in [-0.2, 0) is 4.79 Å². The number of nitrogens with zero attached hydrogens (tertiary/aromatic N) is 1. The van der Waals surface area contributed by atoms with Gasteiger partial charge in [0.1, 0.15) is 5.82 Å². The summed E-state index contributed by atoms with van der Waals surface area (Å²) >= 11 is 5.71. The minimum Gasteiger partial charge on any atom is -0.325 e. The molecule has 2 aliphatic heterocycles. The molecule has 0 saturated carbocycles. The quantitative estimate of drug-likeness (QED) is 0.898. The van der Waals surface area contributed by atoms with Gasteiger partial charge in [-0.2, -0.15) is 0 Å². The second-order valence-corrected chi connectivity index (χ2v) is 6.24. The summed E-state index contributed by atoms with van der Waals surface area (Å²) in [4.78, 5) is 14.2. The Morgan fingerprint density at radius 2 is 2.33 bits per heavy atom. The Kier molecular flexibility index (Phi) is 4.42. The molecule has 0 bridgehead atoms. The molecule has 1 aromatic carbocycles. The molecule has 2 aliphatic rings. The first-order chi connectivity index (χ1) is 10.1. The predicted molar refractivity (Wildman–Crippen MR) is 81.0 cm³/mol. The highest BCUT2D eigenvalue weighted by atomic mass is 35.5. The number of likely N-dealkylation sites (tertiary alicyclic amines) is 1. The van der Waals surface area contributed by atoms with Gasteiger partial charge in [0.15, 0.2) is 0 Å². The Bertz CT molecular complexity index is 526. The van der Waals surface area contributed by atoms with Gasteiger partial charge in [0.25, 0.3) is 0 Å². The number of nitrogens with one attached hydrogen (secondary N) is 2. The van der Waals surface area contributed by atoms with E-state index in [9.17, 15) is 9.18 Å². The lowest BCUT2D eigenvalue weighted by Gasteiger charge is -2.24. The van der Waals surface area contributed by atoms with Crippen molar-refractivity contribution in [3.63, 3.8) is 0 Å². The van der Waals surface area contributed by atoms with Crippen LogP contribution in [0.25, 0.3) is 0 Å². The molecule has 114 valence electrons. The fourth-order valence-electron chi connectivity index (χ4n) is 3.24. The van der Waals surface area contributed by atoms with Crippen molar-refractivity contribution in [3.05, 3.63) is 29.0 Å². The second-order valence-electron chi connectivity index (χ2n) is 5.83. The van der Waals surface area contributed by atoms with Crippen molar-refractivity contribution >= 4 is 23.2 Å². The van der Waals surface area contributed by atoms with E-state index in [1.54, 1.807) is 0 Å². The Balaban J connectivity index is 1.53. The third-order valence-corrected chi connectivity index (χ3v) is 4.54. The highest BCUT2D eigenvalue weighted by molar-refractivity contribution is 6.31. The van der Waals surface area contributed by atoms with Crippen LogP contribution in [0.2, 0.25) is 5.02 Å². The molecule has 0 aliphatic carbocycles. The van der Waals surface area contributed by atoms with Gasteiger partial charge in [0, 0.05) is 24.8 Å². The number of halogens is 2. The first-order valence-electron chi connectivity index (χ1n) is 7.32. The van der Waals surface area contributed by atoms with Gasteiger partial charge in [0.2, 0.25) is 5.91 Å². The SMILES string of the molecule is O=C(CN1C[C@@H]2CCCN[C@@H]2C1)Nc1ccc(F)c(Cl)c1. The maximum absolute atomic E-state index is 13.1. The van der Waals surface area contributed by atoms with Crippen LogP contribution in [0.3, 0.4) is 0 Å². The molecular formula is C15H19ClFN3O. The number of fused-ring (bicyclic) bond motifs is 1. The number of hydrogen-bond acceptors (Lipinski definition) is 3. The normalized spacial score (nSPS) is 25.6. The standard InChI is InChI=1S/C15H19ClFN3O/c16-12-6-11(3-4-13(12)17)19-15(21)9-20-7-10-2-1-5-18-14(10)8-20/h3-4,6,10,14,18H,1-2,5,7-9H2,(H,19,21)/t10-,14+/m0/s1. The zero-order valence-electron chi connectivity index (χ0n) is 11.7. The van der Waals surface area contributed by atoms with Crippen LogP contribution >= 0.6 is 11.6 Å². The van der Waals surface area contributed by atoms with E-state index >= 15 is 0 Å². The molecular weight excluding hydrogens is 293 g/mol. The number of piperidine rings is 1. The van der Waals surface area contributed by atoms with Crippen molar-refractivity contribution in [1.29, 1.82) is 0 Å². The van der Waals surface area contributed by atoms with Crippen molar-refractivity contribution in [3.8, 4) is 0 Å². The van der Waals surface area contributed by atoms with E-state index in [1.807, 2.05) is 0 Å². The molecule has 4 nitrogen and oxygen atoms in total. The maximum Gasteiger partial charge on any atom is 0.238 e. The van der Waals surface area contributed by atoms with Gasteiger partial charge in [-0.3, -0.25) is 9.69 Å². The van der Waals surface area contributed by atoms with E-state index in [1.165, 1.54) is 31.0 Å². The van der Waals surface area contributed by atoms with Crippen molar-refractivity contribution in [1.82, 2.24) is 10.2 Å². The predicted octanol–water partition coefficient (Wildman–Crippen LogP) is 2.10. The van der Waals surface area contributed by atoms with Crippen LogP contribution in [0.5, 0.6) is 0 Å².